The van der Waals surface area contributed by atoms with Gasteiger partial charge in [0.15, 0.2) is 0 Å². The fourth-order valence-corrected chi connectivity index (χ4v) is 6.90. The maximum absolute atomic E-state index is 10.5. The number of rotatable bonds is 2. The third kappa shape index (κ3) is 1.94. The summed E-state index contributed by atoms with van der Waals surface area (Å²) in [6, 6.07) is 0. The first-order valence-electron chi connectivity index (χ1n) is 3.33. The van der Waals surface area contributed by atoms with Gasteiger partial charge in [0.2, 0.25) is 0 Å². The highest BCUT2D eigenvalue weighted by Crippen LogP contribution is 2.55. The predicted octanol–water partition coefficient (Wildman–Crippen LogP) is 2.81. The molecule has 1 aliphatic rings. The zero-order valence-electron chi connectivity index (χ0n) is 6.07. The fourth-order valence-electron chi connectivity index (χ4n) is 1.28. The minimum absolute atomic E-state index is 0.253. The highest BCUT2D eigenvalue weighted by molar-refractivity contribution is 14.2. The average molecular weight is 323 g/mol. The molecule has 1 saturated carbocycles. The van der Waals surface area contributed by atoms with Gasteiger partial charge in [0.25, 0.3) is 0 Å². The second-order valence-electron chi connectivity index (χ2n) is 3.00. The van der Waals surface area contributed by atoms with E-state index in [0.29, 0.717) is 5.92 Å². The van der Waals surface area contributed by atoms with Crippen LogP contribution in [0.2, 0.25) is 0 Å². The van der Waals surface area contributed by atoms with Crippen LogP contribution in [0.25, 0.3) is 0 Å². The van der Waals surface area contributed by atoms with Crippen molar-refractivity contribution in [1.82, 2.24) is 0 Å². The Kier molecular flexibility index (Phi) is 2.71. The summed E-state index contributed by atoms with van der Waals surface area (Å²) >= 11 is 11.4. The van der Waals surface area contributed by atoms with Gasteiger partial charge in [0.05, 0.1) is 0 Å². The fraction of sp³-hybridized carbons (Fsp3) is 1.00. The van der Waals surface area contributed by atoms with Crippen LogP contribution < -0.4 is 0 Å². The van der Waals surface area contributed by atoms with E-state index >= 15 is 0 Å². The molecule has 0 aromatic carbocycles. The quantitative estimate of drug-likeness (QED) is 0.278. The van der Waals surface area contributed by atoms with Gasteiger partial charge in [-0.05, 0) is 29.9 Å². The standard InChI is InChI=1S/C5H10INOS3/c1-4-2-3-5(4)11(6,9,10)7-8/h4-5H,2-3H2,1H3,(H,9,10). The van der Waals surface area contributed by atoms with Crippen molar-refractivity contribution in [1.29, 1.82) is 0 Å². The second kappa shape index (κ2) is 2.88. The zero-order chi connectivity index (χ0) is 8.72. The Morgan fingerprint density at radius 2 is 2.27 bits per heavy atom. The minimum Gasteiger partial charge on any atom is -0.137 e. The van der Waals surface area contributed by atoms with Crippen molar-refractivity contribution in [2.45, 2.75) is 25.0 Å². The molecule has 2 nitrogen and oxygen atoms in total. The summed E-state index contributed by atoms with van der Waals surface area (Å²) in [4.78, 5) is 10.5. The van der Waals surface area contributed by atoms with E-state index in [1.807, 2.05) is 21.2 Å². The summed E-state index contributed by atoms with van der Waals surface area (Å²) in [5, 5.41) is 0.253. The Labute approximate surface area is 87.9 Å². The lowest BCUT2D eigenvalue weighted by Crippen LogP contribution is -2.42. The van der Waals surface area contributed by atoms with Crippen molar-refractivity contribution in [3.8, 4) is 0 Å². The molecule has 0 aromatic heterocycles. The third-order valence-electron chi connectivity index (χ3n) is 2.18. The Hall–Kier alpha value is 1.25. The van der Waals surface area contributed by atoms with Crippen LogP contribution in [-0.4, -0.2) is 5.25 Å². The molecule has 6 heteroatoms. The molecular formula is C5H10INOS3. The van der Waals surface area contributed by atoms with Crippen LogP contribution in [0, 0.1) is 10.8 Å². The molecule has 0 aromatic rings. The molecular weight excluding hydrogens is 313 g/mol. The molecule has 0 amide bonds. The number of halogens is 1. The van der Waals surface area contributed by atoms with E-state index in [-0.39, 0.29) is 5.25 Å². The highest BCUT2D eigenvalue weighted by Gasteiger charge is 2.45. The van der Waals surface area contributed by atoms with Crippen molar-refractivity contribution in [3.63, 3.8) is 0 Å². The van der Waals surface area contributed by atoms with Gasteiger partial charge in [-0.3, -0.25) is 0 Å². The summed E-state index contributed by atoms with van der Waals surface area (Å²) in [6.45, 7) is 2.11. The molecule has 0 spiro atoms. The summed E-state index contributed by atoms with van der Waals surface area (Å²) in [5.74, 6) is 0.529. The van der Waals surface area contributed by atoms with Crippen molar-refractivity contribution in [2.75, 3.05) is 0 Å². The van der Waals surface area contributed by atoms with Gasteiger partial charge in [0, 0.05) is 35.1 Å². The maximum atomic E-state index is 10.5. The molecule has 0 radical (unpaired) electrons. The smallest absolute Gasteiger partial charge is 0.0329 e. The van der Waals surface area contributed by atoms with Gasteiger partial charge in [-0.1, -0.05) is 18.6 Å². The van der Waals surface area contributed by atoms with Gasteiger partial charge in [0.1, 0.15) is 0 Å². The lowest BCUT2D eigenvalue weighted by Gasteiger charge is -2.45. The molecule has 1 fully saturated rings. The molecule has 1 aliphatic carbocycles. The molecule has 0 heterocycles. The van der Waals surface area contributed by atoms with Crippen LogP contribution in [-0.2, 0) is 15.3 Å². The lowest BCUT2D eigenvalue weighted by molar-refractivity contribution is 0.360. The largest absolute Gasteiger partial charge is 0.137 e. The Balaban J connectivity index is 2.89. The first-order chi connectivity index (χ1) is 4.85. The minimum atomic E-state index is -2.66. The van der Waals surface area contributed by atoms with Crippen LogP contribution >= 0.6 is 32.9 Å². The summed E-state index contributed by atoms with van der Waals surface area (Å²) in [6.07, 6.45) is 2.18. The summed E-state index contributed by atoms with van der Waals surface area (Å²) < 4.78 is 0.388. The number of nitrogens with zero attached hydrogens (tertiary/aromatic N) is 1. The molecule has 2 atom stereocenters. The van der Waals surface area contributed by atoms with E-state index in [1.54, 1.807) is 0 Å². The van der Waals surface area contributed by atoms with Crippen LogP contribution in [0.15, 0.2) is 4.58 Å². The zero-order valence-corrected chi connectivity index (χ0v) is 10.8. The molecule has 11 heavy (non-hydrogen) atoms. The Morgan fingerprint density at radius 3 is 2.36 bits per heavy atom. The molecule has 0 bridgehead atoms. The van der Waals surface area contributed by atoms with E-state index in [2.05, 4.69) is 23.2 Å². The normalized spacial score (nSPS) is 35.0. The number of hydrogen-bond acceptors (Lipinski definition) is 2. The van der Waals surface area contributed by atoms with E-state index < -0.39 is 4.11 Å². The van der Waals surface area contributed by atoms with Crippen molar-refractivity contribution < 1.29 is 0 Å². The van der Waals surface area contributed by atoms with E-state index in [0.717, 1.165) is 12.8 Å². The molecule has 0 aliphatic heterocycles. The monoisotopic (exact) mass is 323 g/mol. The third-order valence-corrected chi connectivity index (χ3v) is 8.55. The van der Waals surface area contributed by atoms with Crippen molar-refractivity contribution >= 4 is 48.2 Å². The number of hydrogen-bond donors (Lipinski definition) is 1. The highest BCUT2D eigenvalue weighted by atomic mass is 127. The Morgan fingerprint density at radius 1 is 1.73 bits per heavy atom. The molecule has 2 unspecified atom stereocenters. The SMILES string of the molecule is CC1CCC1S(=S)(S)(I)N=O. The summed E-state index contributed by atoms with van der Waals surface area (Å²) in [7, 11) is 0. The van der Waals surface area contributed by atoms with Gasteiger partial charge < -0.3 is 0 Å². The van der Waals surface area contributed by atoms with E-state index in [4.69, 9.17) is 11.2 Å². The van der Waals surface area contributed by atoms with E-state index in [9.17, 15) is 4.91 Å². The van der Waals surface area contributed by atoms with Crippen LogP contribution in [0.4, 0.5) is 0 Å². The first kappa shape index (κ1) is 10.3. The number of nitroso groups, excluding NO2 is 1. The van der Waals surface area contributed by atoms with Gasteiger partial charge in [-0.25, -0.2) is 0 Å². The maximum Gasteiger partial charge on any atom is 0.0329 e. The van der Waals surface area contributed by atoms with Crippen LogP contribution in [0.5, 0.6) is 0 Å². The molecule has 0 saturated heterocycles. The van der Waals surface area contributed by atoms with Gasteiger partial charge in [-0.2, -0.15) is 0 Å². The molecule has 66 valence electrons. The van der Waals surface area contributed by atoms with Crippen molar-refractivity contribution in [3.05, 3.63) is 4.91 Å². The number of thiol groups is 1. The Bertz CT molecular complexity index is 248. The van der Waals surface area contributed by atoms with E-state index in [1.165, 1.54) is 0 Å². The van der Waals surface area contributed by atoms with Crippen LogP contribution in [0.1, 0.15) is 19.8 Å². The molecule has 1 rings (SSSR count). The van der Waals surface area contributed by atoms with Gasteiger partial charge >= 0.3 is 0 Å². The predicted molar refractivity (Wildman–Crippen MR) is 65.7 cm³/mol. The average Bonchev–Trinajstić information content (AvgIpc) is 1.83. The van der Waals surface area contributed by atoms with Crippen LogP contribution in [0.3, 0.4) is 0 Å². The topological polar surface area (TPSA) is 29.4 Å². The second-order valence-corrected chi connectivity index (χ2v) is 19.6. The first-order valence-corrected chi connectivity index (χ1v) is 9.91. The van der Waals surface area contributed by atoms with Crippen molar-refractivity contribution in [2.24, 2.45) is 10.5 Å². The lowest BCUT2D eigenvalue weighted by atomic mass is 9.87. The summed E-state index contributed by atoms with van der Waals surface area (Å²) in [5.41, 5.74) is 0. The molecule has 0 N–H and O–H groups in total. The van der Waals surface area contributed by atoms with Gasteiger partial charge in [-0.15, -0.1) is 4.91 Å².